The highest BCUT2D eigenvalue weighted by Gasteiger charge is 2.60. The summed E-state index contributed by atoms with van der Waals surface area (Å²) in [5.74, 6) is 1.06. The molecular formula is C70H87Cl2FN10O8. The Bertz CT molecular complexity index is 3570. The zero-order valence-electron chi connectivity index (χ0n) is 53.9. The number of ketones is 1. The van der Waals surface area contributed by atoms with Crippen molar-refractivity contribution in [3.63, 3.8) is 0 Å². The maximum atomic E-state index is 15.5. The summed E-state index contributed by atoms with van der Waals surface area (Å²) in [6.45, 7) is 22.9. The summed E-state index contributed by atoms with van der Waals surface area (Å²) in [6, 6.07) is 27.7. The van der Waals surface area contributed by atoms with E-state index in [1.807, 2.05) is 89.0 Å². The Balaban J connectivity index is 0.632. The van der Waals surface area contributed by atoms with Gasteiger partial charge in [-0.2, -0.15) is 5.10 Å². The van der Waals surface area contributed by atoms with E-state index in [9.17, 15) is 14.0 Å². The number of Topliss-reactive ketones (excluding diaryl/α,β-unsaturated/α-hetero) is 1. The van der Waals surface area contributed by atoms with Crippen molar-refractivity contribution in [1.82, 2.24) is 34.4 Å². The molecule has 2 fully saturated rings. The van der Waals surface area contributed by atoms with E-state index in [1.54, 1.807) is 24.2 Å². The molecule has 18 nitrogen and oxygen atoms in total. The smallest absolute Gasteiger partial charge is 0.326 e. The van der Waals surface area contributed by atoms with Gasteiger partial charge in [-0.05, 0) is 135 Å². The van der Waals surface area contributed by atoms with Crippen LogP contribution in [0.5, 0.6) is 5.75 Å². The van der Waals surface area contributed by atoms with Gasteiger partial charge >= 0.3 is 6.03 Å². The van der Waals surface area contributed by atoms with Crippen LogP contribution in [0.4, 0.5) is 20.7 Å². The van der Waals surface area contributed by atoms with Crippen molar-refractivity contribution in [2.45, 2.75) is 116 Å². The van der Waals surface area contributed by atoms with Crippen LogP contribution in [0.1, 0.15) is 129 Å². The molecule has 2 saturated heterocycles. The molecule has 0 spiro atoms. The number of hydrogen-bond acceptors (Lipinski definition) is 14. The maximum absolute atomic E-state index is 15.5. The minimum absolute atomic E-state index is 0.0962. The van der Waals surface area contributed by atoms with E-state index in [2.05, 4.69) is 61.5 Å². The molecule has 0 unspecified atom stereocenters. The number of aryl methyl sites for hydroxylation is 1. The number of fused-ring (bicyclic) bond motifs is 8. The van der Waals surface area contributed by atoms with Crippen LogP contribution in [-0.2, 0) is 53.3 Å². The molecule has 2 N–H and O–H groups in total. The summed E-state index contributed by atoms with van der Waals surface area (Å²) in [5, 5.41) is 6.19. The van der Waals surface area contributed by atoms with Crippen molar-refractivity contribution in [2.75, 3.05) is 116 Å². The number of hydrogen-bond donors (Lipinski definition) is 1. The molecule has 0 aliphatic carbocycles. The van der Waals surface area contributed by atoms with E-state index in [0.717, 1.165) is 57.6 Å². The summed E-state index contributed by atoms with van der Waals surface area (Å²) in [6.07, 6.45) is 4.58. The first kappa shape index (κ1) is 66.9. The SMILES string of the molecule is CCOc1cc(C(C)(C)C)ccc1C1=N[C@@](C)(c2ccc(Cl)cc2)[C@@](C)(c2ccc(Cl)cc2)N1C(=O)N1CCN(CCOCCOCCOCCOCCC(=O)CCCn2nc3c(c2C)-c2cnc(N)c(c2)N2CCC[C@@H]2c2cc(F)ccc2C(=O)N(C)C3)CC1. The molecule has 91 heavy (non-hydrogen) atoms. The summed E-state index contributed by atoms with van der Waals surface area (Å²) >= 11 is 13.0. The number of carbonyl (C=O) groups excluding carboxylic acids is 3. The molecular weight excluding hydrogens is 1200 g/mol. The predicted octanol–water partition coefficient (Wildman–Crippen LogP) is 12.0. The lowest BCUT2D eigenvalue weighted by atomic mass is 9.71. The van der Waals surface area contributed by atoms with Gasteiger partial charge in [0.1, 0.15) is 40.1 Å². The van der Waals surface area contributed by atoms with Crippen LogP contribution in [0.2, 0.25) is 10.0 Å². The van der Waals surface area contributed by atoms with Gasteiger partial charge in [-0.25, -0.2) is 14.2 Å². The van der Waals surface area contributed by atoms with E-state index in [-0.39, 0.29) is 35.7 Å². The first-order chi connectivity index (χ1) is 43.7. The number of pyridine rings is 1. The zero-order valence-corrected chi connectivity index (χ0v) is 55.4. The molecule has 10 rings (SSSR count). The average Bonchev–Trinajstić information content (AvgIpc) is 1.56. The molecule has 3 atom stereocenters. The quantitative estimate of drug-likeness (QED) is 0.0566. The monoisotopic (exact) mass is 1280 g/mol. The fraction of sp³-hybridized carbons (Fsp3) is 0.486. The largest absolute Gasteiger partial charge is 0.493 e. The maximum Gasteiger partial charge on any atom is 0.326 e. The fourth-order valence-electron chi connectivity index (χ4n) is 13.0. The minimum Gasteiger partial charge on any atom is -0.493 e. The van der Waals surface area contributed by atoms with E-state index in [0.29, 0.717) is 169 Å². The number of urea groups is 1. The third-order valence-electron chi connectivity index (χ3n) is 18.4. The molecule has 0 radical (unpaired) electrons. The van der Waals surface area contributed by atoms with Gasteiger partial charge in [-0.3, -0.25) is 29.1 Å². The standard InChI is InChI=1S/C70H87Cl2FN10O8/c1-9-91-62-43-51(68(3,4)5)18-24-57(62)65-76-69(6,49-14-19-52(71)20-15-49)70(7,50-16-21-53(72)22-17-50)83(65)67(86)80-31-29-79(30-32-80)33-35-88-37-39-90-41-40-89-38-36-87-34-26-55(84)12-10-28-82-47(2)63-48-42-61(64(74)75-45-48)81-27-11-13-60(81)58-44-54(73)23-25-56(58)66(85)78(8)46-59(63)77-82/h14-25,42-45,60H,9-13,26-41,46H2,1-8H3,(H2,74,75)/t60-,69+,70-/m1/s1. The van der Waals surface area contributed by atoms with Crippen molar-refractivity contribution in [3.8, 4) is 16.9 Å². The number of piperazine rings is 1. The fourth-order valence-corrected chi connectivity index (χ4v) is 13.3. The summed E-state index contributed by atoms with van der Waals surface area (Å²) in [4.78, 5) is 62.6. The number of amides is 3. The predicted molar refractivity (Wildman–Crippen MR) is 354 cm³/mol. The molecule has 6 aromatic rings. The second kappa shape index (κ2) is 29.3. The lowest BCUT2D eigenvalue weighted by Crippen LogP contribution is -2.60. The molecule has 3 amide bonds. The van der Waals surface area contributed by atoms with Gasteiger partial charge in [-0.15, -0.1) is 0 Å². The normalized spacial score (nSPS) is 19.4. The van der Waals surface area contributed by atoms with Gasteiger partial charge in [0.2, 0.25) is 0 Å². The number of benzene rings is 4. The summed E-state index contributed by atoms with van der Waals surface area (Å²) in [5.41, 5.74) is 13.2. The second-order valence-electron chi connectivity index (χ2n) is 25.3. The van der Waals surface area contributed by atoms with Gasteiger partial charge in [0.05, 0.1) is 89.0 Å². The van der Waals surface area contributed by atoms with Crippen molar-refractivity contribution < 1.29 is 42.5 Å². The number of amidine groups is 1. The lowest BCUT2D eigenvalue weighted by Gasteiger charge is -2.47. The van der Waals surface area contributed by atoms with Crippen molar-refractivity contribution in [3.05, 3.63) is 158 Å². The Hall–Kier alpha value is -6.97. The molecule has 6 heterocycles. The first-order valence-corrected chi connectivity index (χ1v) is 32.6. The van der Waals surface area contributed by atoms with Gasteiger partial charge in [0.15, 0.2) is 0 Å². The van der Waals surface area contributed by atoms with E-state index < -0.39 is 16.9 Å². The number of anilines is 2. The van der Waals surface area contributed by atoms with Crippen molar-refractivity contribution >= 4 is 58.3 Å². The highest BCUT2D eigenvalue weighted by Crippen LogP contribution is 2.54. The number of halogens is 3. The second-order valence-corrected chi connectivity index (χ2v) is 26.2. The van der Waals surface area contributed by atoms with Gasteiger partial charge in [0.25, 0.3) is 5.91 Å². The molecule has 4 aliphatic rings. The van der Waals surface area contributed by atoms with Gasteiger partial charge in [0, 0.05) is 104 Å². The zero-order chi connectivity index (χ0) is 64.6. The third kappa shape index (κ3) is 14.8. The topological polar surface area (TPSA) is 183 Å². The molecule has 21 heteroatoms. The Labute approximate surface area is 544 Å². The Morgan fingerprint density at radius 3 is 2.07 bits per heavy atom. The van der Waals surface area contributed by atoms with E-state index in [4.69, 9.17) is 62.7 Å². The van der Waals surface area contributed by atoms with Crippen LogP contribution < -0.4 is 15.4 Å². The molecule has 4 aromatic carbocycles. The molecule has 4 aliphatic heterocycles. The third-order valence-corrected chi connectivity index (χ3v) is 18.9. The number of ether oxygens (including phenoxy) is 5. The Morgan fingerprint density at radius 1 is 0.769 bits per heavy atom. The van der Waals surface area contributed by atoms with E-state index >= 15 is 4.79 Å². The lowest BCUT2D eigenvalue weighted by molar-refractivity contribution is -0.120. The molecule has 0 saturated carbocycles. The Kier molecular flexibility index (Phi) is 21.6. The van der Waals surface area contributed by atoms with E-state index in [1.165, 1.54) is 12.1 Å². The van der Waals surface area contributed by atoms with Crippen molar-refractivity contribution in [1.29, 1.82) is 0 Å². The number of carbonyl (C=O) groups is 3. The number of rotatable bonds is 24. The van der Waals surface area contributed by atoms with Crippen LogP contribution in [0.15, 0.2) is 102 Å². The number of aliphatic imine (C=N–C) groups is 1. The molecule has 2 aromatic heterocycles. The molecule has 2 bridgehead atoms. The average molecular weight is 1290 g/mol. The highest BCUT2D eigenvalue weighted by molar-refractivity contribution is 6.30. The highest BCUT2D eigenvalue weighted by atomic mass is 35.5. The number of nitrogen functional groups attached to an aromatic ring is 1. The van der Waals surface area contributed by atoms with Crippen LogP contribution in [-0.4, -0.2) is 164 Å². The Morgan fingerprint density at radius 2 is 1.41 bits per heavy atom. The van der Waals surface area contributed by atoms with Crippen LogP contribution in [0.25, 0.3) is 11.1 Å². The first-order valence-electron chi connectivity index (χ1n) is 31.9. The number of nitrogens with zero attached hydrogens (tertiary/aromatic N) is 9. The van der Waals surface area contributed by atoms with Crippen LogP contribution in [0.3, 0.4) is 0 Å². The summed E-state index contributed by atoms with van der Waals surface area (Å²) < 4.78 is 46.2. The van der Waals surface area contributed by atoms with Crippen LogP contribution in [0, 0.1) is 12.7 Å². The van der Waals surface area contributed by atoms with Gasteiger partial charge < -0.3 is 44.1 Å². The molecule has 486 valence electrons. The number of nitrogens with two attached hydrogens (primary N) is 1. The van der Waals surface area contributed by atoms with Crippen molar-refractivity contribution in [2.24, 2.45) is 4.99 Å². The number of aromatic nitrogens is 3. The van der Waals surface area contributed by atoms with Crippen LogP contribution >= 0.6 is 23.2 Å². The van der Waals surface area contributed by atoms with Gasteiger partial charge in [-0.1, -0.05) is 74.3 Å². The summed E-state index contributed by atoms with van der Waals surface area (Å²) in [7, 11) is 1.74. The minimum atomic E-state index is -1.02.